The summed E-state index contributed by atoms with van der Waals surface area (Å²) in [6.45, 7) is 5.74. The van der Waals surface area contributed by atoms with E-state index in [1.165, 1.54) is 5.56 Å². The van der Waals surface area contributed by atoms with Crippen LogP contribution in [0.4, 0.5) is 5.69 Å². The smallest absolute Gasteiger partial charge is 0.238 e. The zero-order valence-corrected chi connectivity index (χ0v) is 13.4. The van der Waals surface area contributed by atoms with Gasteiger partial charge in [-0.25, -0.2) is 0 Å². The Morgan fingerprint density at radius 2 is 1.82 bits per heavy atom. The number of rotatable bonds is 5. The second-order valence-electron chi connectivity index (χ2n) is 5.85. The summed E-state index contributed by atoms with van der Waals surface area (Å²) in [6.07, 6.45) is 2.80. The Morgan fingerprint density at radius 1 is 1.18 bits per heavy atom. The molecule has 120 valence electrons. The third kappa shape index (κ3) is 5.15. The molecule has 1 aliphatic rings. The van der Waals surface area contributed by atoms with Crippen LogP contribution in [0.15, 0.2) is 24.3 Å². The van der Waals surface area contributed by atoms with Crippen molar-refractivity contribution >= 4 is 17.5 Å². The molecule has 2 amide bonds. The number of hydrogen-bond acceptors (Lipinski definition) is 3. The molecule has 0 aliphatic carbocycles. The van der Waals surface area contributed by atoms with Crippen LogP contribution >= 0.6 is 0 Å². The highest BCUT2D eigenvalue weighted by Gasteiger charge is 2.21. The van der Waals surface area contributed by atoms with E-state index < -0.39 is 0 Å². The van der Waals surface area contributed by atoms with E-state index in [0.717, 1.165) is 38.0 Å². The van der Waals surface area contributed by atoms with Gasteiger partial charge in [-0.2, -0.15) is 0 Å². The molecule has 0 unspecified atom stereocenters. The number of benzene rings is 1. The van der Waals surface area contributed by atoms with Crippen LogP contribution in [0.3, 0.4) is 0 Å². The standard InChI is InChI=1S/C17H25N3O2/c1-3-14-4-6-15(7-5-14)19-17(22)12-20-10-8-16(9-11-20)18-13(2)21/h4-7,16H,3,8-12H2,1-2H3,(H,18,21)(H,19,22). The van der Waals surface area contributed by atoms with Crippen molar-refractivity contribution in [3.8, 4) is 0 Å². The van der Waals surface area contributed by atoms with Gasteiger partial charge in [0.15, 0.2) is 0 Å². The second-order valence-corrected chi connectivity index (χ2v) is 5.85. The Balaban J connectivity index is 1.74. The van der Waals surface area contributed by atoms with E-state index in [1.807, 2.05) is 24.3 Å². The van der Waals surface area contributed by atoms with Crippen LogP contribution in [0.2, 0.25) is 0 Å². The van der Waals surface area contributed by atoms with Crippen molar-refractivity contribution < 1.29 is 9.59 Å². The SMILES string of the molecule is CCc1ccc(NC(=O)CN2CCC(NC(C)=O)CC2)cc1. The molecule has 0 bridgehead atoms. The Bertz CT molecular complexity index is 505. The number of nitrogens with one attached hydrogen (secondary N) is 2. The molecule has 5 heteroatoms. The average molecular weight is 303 g/mol. The number of amides is 2. The summed E-state index contributed by atoms with van der Waals surface area (Å²) in [4.78, 5) is 25.2. The summed E-state index contributed by atoms with van der Waals surface area (Å²) < 4.78 is 0. The molecule has 1 aliphatic heterocycles. The lowest BCUT2D eigenvalue weighted by Gasteiger charge is -2.31. The largest absolute Gasteiger partial charge is 0.354 e. The molecule has 1 saturated heterocycles. The molecule has 1 aromatic carbocycles. The van der Waals surface area contributed by atoms with Crippen LogP contribution in [-0.2, 0) is 16.0 Å². The number of likely N-dealkylation sites (tertiary alicyclic amines) is 1. The van der Waals surface area contributed by atoms with Crippen molar-refractivity contribution in [2.45, 2.75) is 39.2 Å². The van der Waals surface area contributed by atoms with Crippen molar-refractivity contribution in [2.24, 2.45) is 0 Å². The molecule has 0 aromatic heterocycles. The number of piperidine rings is 1. The summed E-state index contributed by atoms with van der Waals surface area (Å²) in [5.74, 6) is 0.0361. The summed E-state index contributed by atoms with van der Waals surface area (Å²) in [7, 11) is 0. The maximum absolute atomic E-state index is 12.1. The number of anilines is 1. The van der Waals surface area contributed by atoms with Gasteiger partial charge in [0.2, 0.25) is 11.8 Å². The van der Waals surface area contributed by atoms with Crippen LogP contribution in [0, 0.1) is 0 Å². The molecule has 22 heavy (non-hydrogen) atoms. The summed E-state index contributed by atoms with van der Waals surface area (Å²) in [5.41, 5.74) is 2.10. The number of carbonyl (C=O) groups is 2. The van der Waals surface area contributed by atoms with E-state index in [9.17, 15) is 9.59 Å². The van der Waals surface area contributed by atoms with E-state index in [4.69, 9.17) is 0 Å². The molecule has 1 aromatic rings. The summed E-state index contributed by atoms with van der Waals surface area (Å²) in [6, 6.07) is 8.21. The van der Waals surface area contributed by atoms with Crippen LogP contribution in [0.1, 0.15) is 32.3 Å². The molecule has 0 atom stereocenters. The highest BCUT2D eigenvalue weighted by molar-refractivity contribution is 5.92. The first-order valence-corrected chi connectivity index (χ1v) is 7.95. The van der Waals surface area contributed by atoms with Crippen LogP contribution in [0.25, 0.3) is 0 Å². The summed E-state index contributed by atoms with van der Waals surface area (Å²) >= 11 is 0. The maximum Gasteiger partial charge on any atom is 0.238 e. The predicted octanol–water partition coefficient (Wildman–Crippen LogP) is 1.79. The molecule has 0 radical (unpaired) electrons. The number of aryl methyl sites for hydroxylation is 1. The number of carbonyl (C=O) groups excluding carboxylic acids is 2. The van der Waals surface area contributed by atoms with Gasteiger partial charge >= 0.3 is 0 Å². The van der Waals surface area contributed by atoms with Crippen molar-refractivity contribution in [2.75, 3.05) is 25.0 Å². The lowest BCUT2D eigenvalue weighted by molar-refractivity contribution is -0.121. The maximum atomic E-state index is 12.1. The highest BCUT2D eigenvalue weighted by Crippen LogP contribution is 2.12. The van der Waals surface area contributed by atoms with Crippen molar-refractivity contribution in [3.05, 3.63) is 29.8 Å². The summed E-state index contributed by atoms with van der Waals surface area (Å²) in [5, 5.41) is 5.87. The number of nitrogens with zero attached hydrogens (tertiary/aromatic N) is 1. The minimum Gasteiger partial charge on any atom is -0.354 e. The zero-order valence-electron chi connectivity index (χ0n) is 13.4. The molecule has 1 fully saturated rings. The van der Waals surface area contributed by atoms with Gasteiger partial charge in [0.05, 0.1) is 6.54 Å². The van der Waals surface area contributed by atoms with Gasteiger partial charge in [-0.1, -0.05) is 19.1 Å². The fraction of sp³-hybridized carbons (Fsp3) is 0.529. The Labute approximate surface area is 132 Å². The topological polar surface area (TPSA) is 61.4 Å². The van der Waals surface area contributed by atoms with Gasteiger partial charge in [0, 0.05) is 31.7 Å². The molecular formula is C17H25N3O2. The molecule has 0 spiro atoms. The minimum absolute atomic E-state index is 0.0159. The fourth-order valence-corrected chi connectivity index (χ4v) is 2.75. The van der Waals surface area contributed by atoms with Gasteiger partial charge in [0.25, 0.3) is 0 Å². The Morgan fingerprint density at radius 3 is 2.36 bits per heavy atom. The zero-order chi connectivity index (χ0) is 15.9. The first-order valence-electron chi connectivity index (χ1n) is 7.95. The van der Waals surface area contributed by atoms with E-state index in [1.54, 1.807) is 6.92 Å². The van der Waals surface area contributed by atoms with Crippen LogP contribution in [-0.4, -0.2) is 42.4 Å². The lowest BCUT2D eigenvalue weighted by Crippen LogP contribution is -2.46. The Hall–Kier alpha value is -1.88. The normalized spacial score (nSPS) is 16.3. The lowest BCUT2D eigenvalue weighted by atomic mass is 10.1. The molecular weight excluding hydrogens is 278 g/mol. The molecule has 0 saturated carbocycles. The van der Waals surface area contributed by atoms with E-state index in [-0.39, 0.29) is 17.9 Å². The first-order chi connectivity index (χ1) is 10.6. The van der Waals surface area contributed by atoms with Crippen molar-refractivity contribution in [1.29, 1.82) is 0 Å². The first kappa shape index (κ1) is 16.5. The van der Waals surface area contributed by atoms with Crippen molar-refractivity contribution in [1.82, 2.24) is 10.2 Å². The van der Waals surface area contributed by atoms with Gasteiger partial charge in [-0.15, -0.1) is 0 Å². The van der Waals surface area contributed by atoms with Gasteiger partial charge in [-0.05, 0) is 37.0 Å². The highest BCUT2D eigenvalue weighted by atomic mass is 16.2. The second kappa shape index (κ2) is 7.94. The molecule has 2 N–H and O–H groups in total. The molecule has 5 nitrogen and oxygen atoms in total. The third-order valence-electron chi connectivity index (χ3n) is 4.01. The molecule has 2 rings (SSSR count). The number of hydrogen-bond donors (Lipinski definition) is 2. The van der Waals surface area contributed by atoms with Crippen LogP contribution in [0.5, 0.6) is 0 Å². The van der Waals surface area contributed by atoms with E-state index in [0.29, 0.717) is 6.54 Å². The minimum atomic E-state index is 0.0159. The van der Waals surface area contributed by atoms with Crippen molar-refractivity contribution in [3.63, 3.8) is 0 Å². The van der Waals surface area contributed by atoms with E-state index >= 15 is 0 Å². The quantitative estimate of drug-likeness (QED) is 0.872. The predicted molar refractivity (Wildman–Crippen MR) is 87.7 cm³/mol. The van der Waals surface area contributed by atoms with Crippen LogP contribution < -0.4 is 10.6 Å². The average Bonchev–Trinajstić information content (AvgIpc) is 2.49. The Kier molecular flexibility index (Phi) is 5.95. The third-order valence-corrected chi connectivity index (χ3v) is 4.01. The fourth-order valence-electron chi connectivity index (χ4n) is 2.75. The van der Waals surface area contributed by atoms with Gasteiger partial charge in [0.1, 0.15) is 0 Å². The monoisotopic (exact) mass is 303 g/mol. The molecule has 1 heterocycles. The van der Waals surface area contributed by atoms with E-state index in [2.05, 4.69) is 22.5 Å². The van der Waals surface area contributed by atoms with Gasteiger partial charge < -0.3 is 10.6 Å². The van der Waals surface area contributed by atoms with Gasteiger partial charge in [-0.3, -0.25) is 14.5 Å².